The number of benzene rings is 1. The summed E-state index contributed by atoms with van der Waals surface area (Å²) in [6, 6.07) is 8.41. The zero-order valence-corrected chi connectivity index (χ0v) is 16.3. The van der Waals surface area contributed by atoms with E-state index in [2.05, 4.69) is 10.3 Å². The van der Waals surface area contributed by atoms with Gasteiger partial charge in [0.25, 0.3) is 11.5 Å². The van der Waals surface area contributed by atoms with Gasteiger partial charge < -0.3 is 11.1 Å². The van der Waals surface area contributed by atoms with Crippen molar-refractivity contribution in [2.75, 3.05) is 5.32 Å². The molecule has 0 radical (unpaired) electrons. The molecule has 2 aromatic heterocycles. The number of fused-ring (bicyclic) bond motifs is 1. The molecular formula is C17H19Cl2N5O3. The Balaban J connectivity index is 0.00000182. The van der Waals surface area contributed by atoms with Crippen molar-refractivity contribution in [3.63, 3.8) is 0 Å². The van der Waals surface area contributed by atoms with Gasteiger partial charge in [0.2, 0.25) is 0 Å². The fourth-order valence-corrected chi connectivity index (χ4v) is 2.53. The van der Waals surface area contributed by atoms with E-state index in [0.29, 0.717) is 17.8 Å². The van der Waals surface area contributed by atoms with Crippen LogP contribution in [0.1, 0.15) is 15.9 Å². The van der Waals surface area contributed by atoms with E-state index in [9.17, 15) is 14.4 Å². The van der Waals surface area contributed by atoms with Crippen molar-refractivity contribution in [2.45, 2.75) is 6.54 Å². The number of nitrogens with zero attached hydrogens (tertiary/aromatic N) is 3. The third-order valence-electron chi connectivity index (χ3n) is 4.00. The van der Waals surface area contributed by atoms with Gasteiger partial charge in [0.05, 0.1) is 17.3 Å². The van der Waals surface area contributed by atoms with Crippen LogP contribution < -0.4 is 22.3 Å². The van der Waals surface area contributed by atoms with E-state index in [1.165, 1.54) is 30.9 Å². The Morgan fingerprint density at radius 1 is 1.11 bits per heavy atom. The molecule has 27 heavy (non-hydrogen) atoms. The van der Waals surface area contributed by atoms with Crippen molar-refractivity contribution < 1.29 is 4.79 Å². The van der Waals surface area contributed by atoms with Crippen molar-refractivity contribution in [3.8, 4) is 0 Å². The average Bonchev–Trinajstić information content (AvgIpc) is 2.64. The minimum atomic E-state index is -0.464. The molecule has 0 fully saturated rings. The number of anilines is 1. The first-order chi connectivity index (χ1) is 11.9. The molecule has 0 atom stereocenters. The van der Waals surface area contributed by atoms with Crippen LogP contribution in [0.25, 0.3) is 11.0 Å². The minimum absolute atomic E-state index is 0. The number of pyridine rings is 1. The van der Waals surface area contributed by atoms with Gasteiger partial charge in [-0.1, -0.05) is 12.1 Å². The molecule has 0 saturated carbocycles. The molecule has 0 aliphatic heterocycles. The molecule has 0 saturated heterocycles. The van der Waals surface area contributed by atoms with Crippen LogP contribution in [0.15, 0.2) is 46.1 Å². The summed E-state index contributed by atoms with van der Waals surface area (Å²) < 4.78 is 2.29. The van der Waals surface area contributed by atoms with Crippen LogP contribution in [0.5, 0.6) is 0 Å². The number of nitrogens with two attached hydrogens (primary N) is 1. The van der Waals surface area contributed by atoms with Crippen molar-refractivity contribution in [2.24, 2.45) is 19.8 Å². The standard InChI is InChI=1S/C17H17N5O3.2ClH/c1-21-14-13(16(24)22(2)17(21)25)7-12(9-19-14)20-15(23)11-5-3-10(8-18)4-6-11;;/h3-7,9H,8,18H2,1-2H3,(H,20,23);2*1H. The highest BCUT2D eigenvalue weighted by molar-refractivity contribution is 6.04. The van der Waals surface area contributed by atoms with Crippen LogP contribution in [-0.2, 0) is 20.6 Å². The van der Waals surface area contributed by atoms with Crippen molar-refractivity contribution in [3.05, 3.63) is 68.5 Å². The van der Waals surface area contributed by atoms with Crippen molar-refractivity contribution in [1.29, 1.82) is 0 Å². The smallest absolute Gasteiger partial charge is 0.326 e. The monoisotopic (exact) mass is 411 g/mol. The van der Waals surface area contributed by atoms with Gasteiger partial charge in [-0.05, 0) is 23.8 Å². The number of halogens is 2. The van der Waals surface area contributed by atoms with Crippen LogP contribution in [-0.4, -0.2) is 20.0 Å². The zero-order valence-electron chi connectivity index (χ0n) is 14.6. The third kappa shape index (κ3) is 4.19. The molecular weight excluding hydrogens is 393 g/mol. The second-order valence-corrected chi connectivity index (χ2v) is 5.66. The van der Waals surface area contributed by atoms with Crippen LogP contribution in [0.4, 0.5) is 5.69 Å². The molecule has 8 nitrogen and oxygen atoms in total. The lowest BCUT2D eigenvalue weighted by atomic mass is 10.1. The Bertz CT molecular complexity index is 1090. The predicted octanol–water partition coefficient (Wildman–Crippen LogP) is 1.19. The minimum Gasteiger partial charge on any atom is -0.326 e. The number of amides is 1. The number of hydrogen-bond donors (Lipinski definition) is 2. The lowest BCUT2D eigenvalue weighted by Crippen LogP contribution is -2.37. The Kier molecular flexibility index (Phi) is 7.29. The molecule has 10 heteroatoms. The van der Waals surface area contributed by atoms with E-state index in [0.717, 1.165) is 10.1 Å². The van der Waals surface area contributed by atoms with Gasteiger partial charge in [-0.15, -0.1) is 24.8 Å². The van der Waals surface area contributed by atoms with Gasteiger partial charge in [-0.2, -0.15) is 0 Å². The average molecular weight is 412 g/mol. The molecule has 144 valence electrons. The van der Waals surface area contributed by atoms with E-state index in [1.54, 1.807) is 24.3 Å². The summed E-state index contributed by atoms with van der Waals surface area (Å²) in [5.41, 5.74) is 6.64. The molecule has 2 heterocycles. The highest BCUT2D eigenvalue weighted by Crippen LogP contribution is 2.13. The molecule has 1 amide bonds. The molecule has 3 N–H and O–H groups in total. The lowest BCUT2D eigenvalue weighted by molar-refractivity contribution is 0.102. The van der Waals surface area contributed by atoms with E-state index in [1.807, 2.05) is 0 Å². The first-order valence-electron chi connectivity index (χ1n) is 7.58. The number of rotatable bonds is 3. The van der Waals surface area contributed by atoms with Crippen LogP contribution >= 0.6 is 24.8 Å². The van der Waals surface area contributed by atoms with Gasteiger partial charge in [0.15, 0.2) is 0 Å². The number of nitrogens with one attached hydrogen (secondary N) is 1. The molecule has 0 bridgehead atoms. The molecule has 0 unspecified atom stereocenters. The van der Waals surface area contributed by atoms with Gasteiger partial charge in [0, 0.05) is 26.2 Å². The number of carbonyl (C=O) groups is 1. The number of carbonyl (C=O) groups excluding carboxylic acids is 1. The van der Waals surface area contributed by atoms with Gasteiger partial charge in [-0.3, -0.25) is 18.7 Å². The maximum atomic E-state index is 12.3. The van der Waals surface area contributed by atoms with Crippen molar-refractivity contribution in [1.82, 2.24) is 14.1 Å². The maximum Gasteiger partial charge on any atom is 0.332 e. The van der Waals surface area contributed by atoms with Crippen LogP contribution in [0, 0.1) is 0 Å². The highest BCUT2D eigenvalue weighted by atomic mass is 35.5. The summed E-state index contributed by atoms with van der Waals surface area (Å²) in [6.45, 7) is 0.401. The number of aromatic nitrogens is 3. The van der Waals surface area contributed by atoms with Crippen LogP contribution in [0.3, 0.4) is 0 Å². The van der Waals surface area contributed by atoms with Gasteiger partial charge in [0.1, 0.15) is 5.65 Å². The second kappa shape index (κ2) is 8.81. The number of hydrogen-bond acceptors (Lipinski definition) is 5. The third-order valence-corrected chi connectivity index (χ3v) is 4.00. The largest absolute Gasteiger partial charge is 0.332 e. The SMILES string of the molecule is Cl.Cl.Cn1c(=O)c2cc(NC(=O)c3ccc(CN)cc3)cnc2n(C)c1=O. The molecule has 1 aromatic carbocycles. The molecule has 3 rings (SSSR count). The first kappa shape index (κ1) is 22.4. The fraction of sp³-hybridized carbons (Fsp3) is 0.176. The summed E-state index contributed by atoms with van der Waals surface area (Å²) in [5, 5.41) is 2.95. The van der Waals surface area contributed by atoms with Crippen molar-refractivity contribution >= 4 is 47.4 Å². The fourth-order valence-electron chi connectivity index (χ4n) is 2.53. The quantitative estimate of drug-likeness (QED) is 0.671. The van der Waals surface area contributed by atoms with Gasteiger partial charge in [-0.25, -0.2) is 9.78 Å². The Morgan fingerprint density at radius 2 is 1.74 bits per heavy atom. The van der Waals surface area contributed by atoms with E-state index < -0.39 is 11.2 Å². The summed E-state index contributed by atoms with van der Waals surface area (Å²) in [5.74, 6) is -0.327. The second-order valence-electron chi connectivity index (χ2n) is 5.66. The first-order valence-corrected chi connectivity index (χ1v) is 7.58. The Hall–Kier alpha value is -2.68. The topological polar surface area (TPSA) is 112 Å². The van der Waals surface area contributed by atoms with E-state index >= 15 is 0 Å². The Labute approximate surface area is 166 Å². The summed E-state index contributed by atoms with van der Waals surface area (Å²) >= 11 is 0. The van der Waals surface area contributed by atoms with Crippen LogP contribution in [0.2, 0.25) is 0 Å². The predicted molar refractivity (Wildman–Crippen MR) is 109 cm³/mol. The van der Waals surface area contributed by atoms with E-state index in [-0.39, 0.29) is 41.8 Å². The Morgan fingerprint density at radius 3 is 2.33 bits per heavy atom. The van der Waals surface area contributed by atoms with E-state index in [4.69, 9.17) is 5.73 Å². The zero-order chi connectivity index (χ0) is 18.1. The molecule has 0 aliphatic rings. The van der Waals surface area contributed by atoms with Gasteiger partial charge >= 0.3 is 5.69 Å². The highest BCUT2D eigenvalue weighted by Gasteiger charge is 2.12. The summed E-state index contributed by atoms with van der Waals surface area (Å²) in [7, 11) is 2.93. The summed E-state index contributed by atoms with van der Waals surface area (Å²) in [4.78, 5) is 40.6. The normalized spacial score (nSPS) is 10.0. The summed E-state index contributed by atoms with van der Waals surface area (Å²) in [6.07, 6.45) is 1.41. The molecule has 3 aromatic rings. The molecule has 0 aliphatic carbocycles. The number of aryl methyl sites for hydroxylation is 1. The maximum absolute atomic E-state index is 12.3. The lowest BCUT2D eigenvalue weighted by Gasteiger charge is -2.09. The molecule has 0 spiro atoms.